The molecule has 10 heavy (non-hydrogen) atoms. The van der Waals surface area contributed by atoms with Gasteiger partial charge >= 0.3 is 6.41 Å². The van der Waals surface area contributed by atoms with E-state index in [1.165, 1.54) is 4.90 Å². The summed E-state index contributed by atoms with van der Waals surface area (Å²) in [4.78, 5) is 11.8. The molecule has 0 unspecified atom stereocenters. The zero-order chi connectivity index (χ0) is 7.40. The van der Waals surface area contributed by atoms with Gasteiger partial charge in [-0.3, -0.25) is 0 Å². The fourth-order valence-corrected chi connectivity index (χ4v) is 0.724. The lowest BCUT2D eigenvalue weighted by Gasteiger charge is -1.93. The molecule has 0 aliphatic carbocycles. The molecule has 1 aromatic carbocycles. The number of para-hydroxylation sites is 1. The van der Waals surface area contributed by atoms with Crippen LogP contribution < -0.4 is 4.90 Å². The van der Waals surface area contributed by atoms with E-state index < -0.39 is 0 Å². The summed E-state index contributed by atoms with van der Waals surface area (Å²) in [7, 11) is 1.72. The van der Waals surface area contributed by atoms with E-state index in [9.17, 15) is 4.79 Å². The van der Waals surface area contributed by atoms with E-state index in [0.717, 1.165) is 12.1 Å². The first-order chi connectivity index (χ1) is 4.84. The molecule has 0 aliphatic rings. The molecule has 1 amide bonds. The third kappa shape index (κ3) is 1.42. The molecule has 0 N–H and O–H groups in total. The Morgan fingerprint density at radius 3 is 2.40 bits per heavy atom. The highest BCUT2D eigenvalue weighted by Gasteiger charge is 2.07. The van der Waals surface area contributed by atoms with E-state index in [-0.39, 0.29) is 0 Å². The lowest BCUT2D eigenvalue weighted by molar-refractivity contribution is -0.111. The van der Waals surface area contributed by atoms with E-state index in [2.05, 4.69) is 0 Å². The zero-order valence-electron chi connectivity index (χ0n) is 5.82. The van der Waals surface area contributed by atoms with Gasteiger partial charge in [0.15, 0.2) is 5.69 Å². The number of carbonyl (C=O) groups excluding carboxylic acids is 1. The lowest BCUT2D eigenvalue weighted by Crippen LogP contribution is -2.14. The largest absolute Gasteiger partial charge is 0.354 e. The van der Waals surface area contributed by atoms with Crippen molar-refractivity contribution in [1.82, 2.24) is 4.90 Å². The van der Waals surface area contributed by atoms with E-state index in [4.69, 9.17) is 0 Å². The van der Waals surface area contributed by atoms with Crippen LogP contribution in [-0.2, 0) is 4.79 Å². The van der Waals surface area contributed by atoms with Gasteiger partial charge in [0, 0.05) is 12.1 Å². The number of rotatable bonds is 2. The SMILES string of the molecule is C[N+](C=O)c1ccccc1. The molecule has 1 rings (SSSR count). The van der Waals surface area contributed by atoms with Crippen LogP contribution in [0.25, 0.3) is 0 Å². The topological polar surface area (TPSA) is 23.0 Å². The molecule has 0 saturated carbocycles. The summed E-state index contributed by atoms with van der Waals surface area (Å²) in [5.41, 5.74) is 0.914. The van der Waals surface area contributed by atoms with Crippen LogP contribution >= 0.6 is 0 Å². The molecule has 0 aromatic heterocycles. The van der Waals surface area contributed by atoms with Crippen LogP contribution in [0.3, 0.4) is 0 Å². The van der Waals surface area contributed by atoms with Crippen LogP contribution in [0.5, 0.6) is 0 Å². The third-order valence-corrected chi connectivity index (χ3v) is 1.32. The molecule has 0 fully saturated rings. The Balaban J connectivity index is 2.84. The summed E-state index contributed by atoms with van der Waals surface area (Å²) < 4.78 is 0. The third-order valence-electron chi connectivity index (χ3n) is 1.32. The van der Waals surface area contributed by atoms with E-state index in [1.807, 2.05) is 30.3 Å². The summed E-state index contributed by atoms with van der Waals surface area (Å²) in [6.07, 6.45) is 0.787. The first kappa shape index (κ1) is 6.96. The molecule has 0 bridgehead atoms. The van der Waals surface area contributed by atoms with Crippen molar-refractivity contribution in [3.8, 4) is 0 Å². The summed E-state index contributed by atoms with van der Waals surface area (Å²) in [5, 5.41) is 0. The molecule has 2 heteroatoms. The summed E-state index contributed by atoms with van der Waals surface area (Å²) in [6, 6.07) is 9.48. The maximum Gasteiger partial charge on any atom is 0.354 e. The Kier molecular flexibility index (Phi) is 2.18. The molecule has 0 saturated heterocycles. The highest BCUT2D eigenvalue weighted by atomic mass is 16.1. The molecule has 51 valence electrons. The van der Waals surface area contributed by atoms with Crippen molar-refractivity contribution in [3.05, 3.63) is 30.3 Å². The Labute approximate surface area is 60.1 Å². The minimum absolute atomic E-state index is 0.787. The number of amides is 1. The van der Waals surface area contributed by atoms with Crippen LogP contribution in [0.4, 0.5) is 5.69 Å². The van der Waals surface area contributed by atoms with E-state index in [1.54, 1.807) is 7.05 Å². The second-order valence-electron chi connectivity index (χ2n) is 2.05. The predicted molar refractivity (Wildman–Crippen MR) is 40.2 cm³/mol. The normalized spacial score (nSPS) is 9.80. The highest BCUT2D eigenvalue weighted by Crippen LogP contribution is 2.07. The Bertz CT molecular complexity index is 208. The summed E-state index contributed by atoms with van der Waals surface area (Å²) in [6.45, 7) is 0. The van der Waals surface area contributed by atoms with Crippen LogP contribution in [0.15, 0.2) is 30.3 Å². The maximum atomic E-state index is 10.2. The minimum Gasteiger partial charge on any atom is -0.228 e. The molecule has 0 aliphatic heterocycles. The van der Waals surface area contributed by atoms with Gasteiger partial charge in [0.2, 0.25) is 0 Å². The van der Waals surface area contributed by atoms with Gasteiger partial charge in [0.05, 0.1) is 0 Å². The molecular formula is C8H9NO+. The van der Waals surface area contributed by atoms with Crippen molar-refractivity contribution in [3.63, 3.8) is 0 Å². The van der Waals surface area contributed by atoms with Crippen LogP contribution in [-0.4, -0.2) is 13.5 Å². The van der Waals surface area contributed by atoms with E-state index >= 15 is 0 Å². The molecule has 2 nitrogen and oxygen atoms in total. The number of nitrogens with zero attached hydrogens (tertiary/aromatic N) is 1. The second kappa shape index (κ2) is 3.13. The van der Waals surface area contributed by atoms with Gasteiger partial charge in [-0.1, -0.05) is 23.1 Å². The number of benzene rings is 1. The molecule has 1 aromatic rings. The van der Waals surface area contributed by atoms with Gasteiger partial charge in [-0.2, -0.15) is 0 Å². The first-order valence-electron chi connectivity index (χ1n) is 3.08. The minimum atomic E-state index is 0.787. The molecule has 0 spiro atoms. The predicted octanol–water partition coefficient (Wildman–Crippen LogP) is 1.24. The number of hydrogen-bond acceptors (Lipinski definition) is 1. The number of hydrogen-bond donors (Lipinski definition) is 0. The van der Waals surface area contributed by atoms with Crippen molar-refractivity contribution in [2.24, 2.45) is 0 Å². The smallest absolute Gasteiger partial charge is 0.228 e. The average Bonchev–Trinajstić information content (AvgIpc) is 2.05. The van der Waals surface area contributed by atoms with Gasteiger partial charge < -0.3 is 0 Å². The van der Waals surface area contributed by atoms with Crippen molar-refractivity contribution < 1.29 is 4.79 Å². The Morgan fingerprint density at radius 2 is 1.90 bits per heavy atom. The van der Waals surface area contributed by atoms with Crippen LogP contribution in [0.1, 0.15) is 0 Å². The van der Waals surface area contributed by atoms with Gasteiger partial charge in [-0.05, 0) is 0 Å². The number of anilines is 1. The maximum absolute atomic E-state index is 10.2. The quantitative estimate of drug-likeness (QED) is 0.442. The highest BCUT2D eigenvalue weighted by molar-refractivity contribution is 5.62. The van der Waals surface area contributed by atoms with Crippen LogP contribution in [0.2, 0.25) is 0 Å². The fourth-order valence-electron chi connectivity index (χ4n) is 0.724. The molecule has 1 radical (unpaired) electrons. The van der Waals surface area contributed by atoms with Gasteiger partial charge in [0.25, 0.3) is 0 Å². The van der Waals surface area contributed by atoms with Crippen molar-refractivity contribution in [2.45, 2.75) is 0 Å². The zero-order valence-corrected chi connectivity index (χ0v) is 5.82. The number of carbonyl (C=O) groups is 1. The average molecular weight is 135 g/mol. The van der Waals surface area contributed by atoms with Crippen molar-refractivity contribution >= 4 is 12.1 Å². The molecule has 0 heterocycles. The van der Waals surface area contributed by atoms with Crippen molar-refractivity contribution in [1.29, 1.82) is 0 Å². The lowest BCUT2D eigenvalue weighted by atomic mass is 10.3. The van der Waals surface area contributed by atoms with Crippen molar-refractivity contribution in [2.75, 3.05) is 7.05 Å². The molecule has 0 atom stereocenters. The first-order valence-corrected chi connectivity index (χ1v) is 3.08. The van der Waals surface area contributed by atoms with E-state index in [0.29, 0.717) is 0 Å². The standard InChI is InChI=1S/C8H9NO/c1-9(7-10)8-5-3-2-4-6-8/h2-7H,1H3/q+1. The summed E-state index contributed by atoms with van der Waals surface area (Å²) >= 11 is 0. The monoisotopic (exact) mass is 135 g/mol. The Hall–Kier alpha value is -1.15. The van der Waals surface area contributed by atoms with Crippen LogP contribution in [0, 0.1) is 0 Å². The van der Waals surface area contributed by atoms with Gasteiger partial charge in [-0.25, -0.2) is 4.79 Å². The van der Waals surface area contributed by atoms with Gasteiger partial charge in [0.1, 0.15) is 7.05 Å². The Morgan fingerprint density at radius 1 is 1.30 bits per heavy atom. The van der Waals surface area contributed by atoms with Gasteiger partial charge in [-0.15, -0.1) is 0 Å². The molecular weight excluding hydrogens is 126 g/mol. The fraction of sp³-hybridized carbons (Fsp3) is 0.125. The summed E-state index contributed by atoms with van der Waals surface area (Å²) in [5.74, 6) is 0. The second-order valence-corrected chi connectivity index (χ2v) is 2.05.